The average Bonchev–Trinajstić information content (AvgIpc) is 2.51. The van der Waals surface area contributed by atoms with Crippen LogP contribution < -0.4 is 0 Å². The van der Waals surface area contributed by atoms with Gasteiger partial charge in [0.1, 0.15) is 6.07 Å². The highest BCUT2D eigenvalue weighted by atomic mass is 16.5. The van der Waals surface area contributed by atoms with Gasteiger partial charge in [-0.15, -0.1) is 0 Å². The number of hydrogen-bond acceptors (Lipinski definition) is 4. The number of ether oxygens (including phenoxy) is 1. The van der Waals surface area contributed by atoms with Crippen LogP contribution in [-0.4, -0.2) is 21.9 Å². The highest BCUT2D eigenvalue weighted by molar-refractivity contribution is 5.88. The number of aryl methyl sites for hydroxylation is 1. The summed E-state index contributed by atoms with van der Waals surface area (Å²) < 4.78 is 6.24. The van der Waals surface area contributed by atoms with Crippen molar-refractivity contribution in [3.63, 3.8) is 0 Å². The van der Waals surface area contributed by atoms with Gasteiger partial charge in [-0.05, 0) is 6.92 Å². The van der Waals surface area contributed by atoms with Crippen molar-refractivity contribution in [2.45, 2.75) is 13.0 Å². The van der Waals surface area contributed by atoms with Crippen LogP contribution >= 0.6 is 0 Å². The molecule has 0 aliphatic rings. The number of esters is 1. The summed E-state index contributed by atoms with van der Waals surface area (Å²) in [5.41, 5.74) is 0.351. The van der Waals surface area contributed by atoms with Crippen LogP contribution in [-0.2, 0) is 11.8 Å². The third-order valence-corrected chi connectivity index (χ3v) is 1.41. The maximum absolute atomic E-state index is 11.2. The minimum atomic E-state index is -0.729. The third kappa shape index (κ3) is 2.30. The highest BCUT2D eigenvalue weighted by Gasteiger charge is 2.12. The molecule has 0 aliphatic heterocycles. The van der Waals surface area contributed by atoms with Crippen molar-refractivity contribution < 1.29 is 9.53 Å². The van der Waals surface area contributed by atoms with Gasteiger partial charge in [0.25, 0.3) is 0 Å². The van der Waals surface area contributed by atoms with E-state index in [0.29, 0.717) is 5.56 Å². The molecule has 1 unspecified atom stereocenters. The zero-order valence-electron chi connectivity index (χ0n) is 7.39. The molecule has 1 atom stereocenters. The van der Waals surface area contributed by atoms with Gasteiger partial charge in [0.2, 0.25) is 0 Å². The Kier molecular flexibility index (Phi) is 2.65. The van der Waals surface area contributed by atoms with E-state index in [1.807, 2.05) is 0 Å². The summed E-state index contributed by atoms with van der Waals surface area (Å²) in [6.07, 6.45) is 2.20. The molecule has 68 valence electrons. The summed E-state index contributed by atoms with van der Waals surface area (Å²) in [6.45, 7) is 1.51. The lowest BCUT2D eigenvalue weighted by Gasteiger charge is -2.02. The Morgan fingerprint density at radius 1 is 1.85 bits per heavy atom. The maximum atomic E-state index is 11.2. The van der Waals surface area contributed by atoms with Crippen LogP contribution in [0.5, 0.6) is 0 Å². The van der Waals surface area contributed by atoms with Gasteiger partial charge in [-0.3, -0.25) is 4.68 Å². The summed E-state index contributed by atoms with van der Waals surface area (Å²) in [5, 5.41) is 12.2. The second-order valence-electron chi connectivity index (χ2n) is 2.58. The predicted octanol–water partition coefficient (Wildman–Crippen LogP) is 0.489. The first-order valence-corrected chi connectivity index (χ1v) is 3.72. The Balaban J connectivity index is 2.65. The Hall–Kier alpha value is -1.83. The normalized spacial score (nSPS) is 11.8. The molecule has 5 nitrogen and oxygen atoms in total. The molecule has 1 aromatic rings. The molecule has 0 spiro atoms. The average molecular weight is 179 g/mol. The van der Waals surface area contributed by atoms with Gasteiger partial charge >= 0.3 is 5.97 Å². The Bertz CT molecular complexity index is 351. The molecule has 0 N–H and O–H groups in total. The Morgan fingerprint density at radius 2 is 2.54 bits per heavy atom. The SMILES string of the molecule is CC(C#N)OC(=O)c1cnn(C)c1. The zero-order chi connectivity index (χ0) is 9.84. The van der Waals surface area contributed by atoms with Crippen LogP contribution in [0.25, 0.3) is 0 Å². The Labute approximate surface area is 75.5 Å². The smallest absolute Gasteiger partial charge is 0.342 e. The van der Waals surface area contributed by atoms with E-state index in [9.17, 15) is 4.79 Å². The summed E-state index contributed by atoms with van der Waals surface area (Å²) in [4.78, 5) is 11.2. The molecule has 0 saturated carbocycles. The number of aromatic nitrogens is 2. The summed E-state index contributed by atoms with van der Waals surface area (Å²) in [6, 6.07) is 1.80. The van der Waals surface area contributed by atoms with Crippen molar-refractivity contribution >= 4 is 5.97 Å². The quantitative estimate of drug-likeness (QED) is 0.619. The first-order chi connectivity index (χ1) is 6.13. The number of rotatable bonds is 2. The fraction of sp³-hybridized carbons (Fsp3) is 0.375. The van der Waals surface area contributed by atoms with E-state index >= 15 is 0 Å². The largest absolute Gasteiger partial charge is 0.444 e. The van der Waals surface area contributed by atoms with Crippen molar-refractivity contribution in [1.29, 1.82) is 5.26 Å². The van der Waals surface area contributed by atoms with Crippen molar-refractivity contribution in [3.05, 3.63) is 18.0 Å². The van der Waals surface area contributed by atoms with Crippen LogP contribution in [0.4, 0.5) is 0 Å². The first-order valence-electron chi connectivity index (χ1n) is 3.72. The van der Waals surface area contributed by atoms with Crippen LogP contribution in [0.1, 0.15) is 17.3 Å². The second-order valence-corrected chi connectivity index (χ2v) is 2.58. The summed E-state index contributed by atoms with van der Waals surface area (Å²) >= 11 is 0. The Morgan fingerprint density at radius 3 is 3.00 bits per heavy atom. The minimum Gasteiger partial charge on any atom is -0.444 e. The molecule has 0 radical (unpaired) electrons. The zero-order valence-corrected chi connectivity index (χ0v) is 7.39. The van der Waals surface area contributed by atoms with E-state index in [-0.39, 0.29) is 0 Å². The molecule has 1 aromatic heterocycles. The van der Waals surface area contributed by atoms with Gasteiger partial charge in [0.05, 0.1) is 11.8 Å². The van der Waals surface area contributed by atoms with E-state index < -0.39 is 12.1 Å². The van der Waals surface area contributed by atoms with E-state index in [1.54, 1.807) is 13.1 Å². The molecule has 5 heteroatoms. The number of nitrogens with zero attached hydrogens (tertiary/aromatic N) is 3. The fourth-order valence-corrected chi connectivity index (χ4v) is 0.782. The van der Waals surface area contributed by atoms with Crippen molar-refractivity contribution in [2.24, 2.45) is 7.05 Å². The molecule has 1 rings (SSSR count). The number of carbonyl (C=O) groups is 1. The molecule has 0 fully saturated rings. The predicted molar refractivity (Wildman–Crippen MR) is 43.7 cm³/mol. The molecule has 0 aliphatic carbocycles. The highest BCUT2D eigenvalue weighted by Crippen LogP contribution is 2.01. The molecule has 1 heterocycles. The second kappa shape index (κ2) is 3.72. The monoisotopic (exact) mass is 179 g/mol. The lowest BCUT2D eigenvalue weighted by atomic mass is 10.3. The van der Waals surface area contributed by atoms with E-state index in [2.05, 4.69) is 5.10 Å². The summed E-state index contributed by atoms with van der Waals surface area (Å²) in [7, 11) is 1.70. The van der Waals surface area contributed by atoms with E-state index in [0.717, 1.165) is 0 Å². The van der Waals surface area contributed by atoms with Gasteiger partial charge in [0, 0.05) is 13.2 Å². The first kappa shape index (κ1) is 9.26. The van der Waals surface area contributed by atoms with Crippen molar-refractivity contribution in [3.8, 4) is 6.07 Å². The third-order valence-electron chi connectivity index (χ3n) is 1.41. The molecule has 0 saturated heterocycles. The topological polar surface area (TPSA) is 67.9 Å². The fourth-order valence-electron chi connectivity index (χ4n) is 0.782. The van der Waals surface area contributed by atoms with E-state index in [4.69, 9.17) is 10.00 Å². The van der Waals surface area contributed by atoms with Crippen molar-refractivity contribution in [1.82, 2.24) is 9.78 Å². The standard InChI is InChI=1S/C8H9N3O2/c1-6(3-9)13-8(12)7-4-10-11(2)5-7/h4-6H,1-2H3. The molecule has 0 amide bonds. The van der Waals surface area contributed by atoms with Gasteiger partial charge in [-0.25, -0.2) is 4.79 Å². The van der Waals surface area contributed by atoms with Crippen molar-refractivity contribution in [2.75, 3.05) is 0 Å². The van der Waals surface area contributed by atoms with Crippen LogP contribution in [0, 0.1) is 11.3 Å². The molecular formula is C8H9N3O2. The lowest BCUT2D eigenvalue weighted by molar-refractivity contribution is 0.0435. The molecular weight excluding hydrogens is 170 g/mol. The van der Waals surface area contributed by atoms with E-state index in [1.165, 1.54) is 24.0 Å². The van der Waals surface area contributed by atoms with Gasteiger partial charge in [0.15, 0.2) is 6.10 Å². The number of nitriles is 1. The maximum Gasteiger partial charge on any atom is 0.342 e. The number of carbonyl (C=O) groups excluding carboxylic acids is 1. The van der Waals surface area contributed by atoms with Crippen LogP contribution in [0.15, 0.2) is 12.4 Å². The molecule has 13 heavy (non-hydrogen) atoms. The van der Waals surface area contributed by atoms with Gasteiger partial charge in [-0.2, -0.15) is 10.4 Å². The van der Waals surface area contributed by atoms with Gasteiger partial charge < -0.3 is 4.74 Å². The lowest BCUT2D eigenvalue weighted by Crippen LogP contribution is -2.12. The van der Waals surface area contributed by atoms with Gasteiger partial charge in [-0.1, -0.05) is 0 Å². The molecule has 0 bridgehead atoms. The van der Waals surface area contributed by atoms with Crippen LogP contribution in [0.2, 0.25) is 0 Å². The number of hydrogen-bond donors (Lipinski definition) is 0. The molecule has 0 aromatic carbocycles. The summed E-state index contributed by atoms with van der Waals surface area (Å²) in [5.74, 6) is -0.526. The van der Waals surface area contributed by atoms with Crippen LogP contribution in [0.3, 0.4) is 0 Å². The minimum absolute atomic E-state index is 0.351.